The molecule has 186 valence electrons. The standard InChI is InChI=1S/C28H34N2O5/c1-2-19(16-26(32)33)29-25(31)17-28(14-8-3-9-15-28)30-27(34)35-18-24-22-12-6-4-10-20(22)21-11-5-7-13-23(21)24/h4-7,10-13,19,24H,2-3,8-9,14-18H2,1H3,(H,29,31)(H,30,34)(H,32,33). The van der Waals surface area contributed by atoms with Gasteiger partial charge >= 0.3 is 12.1 Å². The molecule has 1 saturated carbocycles. The number of fused-ring (bicyclic) bond motifs is 3. The molecule has 1 unspecified atom stereocenters. The van der Waals surface area contributed by atoms with Gasteiger partial charge in [-0.3, -0.25) is 9.59 Å². The topological polar surface area (TPSA) is 105 Å². The van der Waals surface area contributed by atoms with Gasteiger partial charge in [-0.25, -0.2) is 4.79 Å². The highest BCUT2D eigenvalue weighted by atomic mass is 16.5. The van der Waals surface area contributed by atoms with Crippen LogP contribution in [-0.4, -0.2) is 41.3 Å². The number of amides is 2. The maximum Gasteiger partial charge on any atom is 0.407 e. The smallest absolute Gasteiger partial charge is 0.407 e. The van der Waals surface area contributed by atoms with Gasteiger partial charge in [0.25, 0.3) is 0 Å². The highest BCUT2D eigenvalue weighted by Gasteiger charge is 2.37. The van der Waals surface area contributed by atoms with Crippen molar-refractivity contribution in [3.05, 3.63) is 59.7 Å². The first-order valence-electron chi connectivity index (χ1n) is 12.5. The minimum Gasteiger partial charge on any atom is -0.481 e. The summed E-state index contributed by atoms with van der Waals surface area (Å²) in [6, 6.07) is 16.0. The van der Waals surface area contributed by atoms with Crippen molar-refractivity contribution in [3.63, 3.8) is 0 Å². The van der Waals surface area contributed by atoms with Gasteiger partial charge in [0.1, 0.15) is 6.61 Å². The van der Waals surface area contributed by atoms with Gasteiger partial charge < -0.3 is 20.5 Å². The van der Waals surface area contributed by atoms with Crippen LogP contribution in [0.5, 0.6) is 0 Å². The Morgan fingerprint density at radius 2 is 1.60 bits per heavy atom. The summed E-state index contributed by atoms with van der Waals surface area (Å²) in [5, 5.41) is 14.9. The molecule has 0 saturated heterocycles. The largest absolute Gasteiger partial charge is 0.481 e. The molecule has 3 N–H and O–H groups in total. The Morgan fingerprint density at radius 3 is 2.17 bits per heavy atom. The van der Waals surface area contributed by atoms with Crippen LogP contribution in [0.25, 0.3) is 11.1 Å². The van der Waals surface area contributed by atoms with Crippen molar-refractivity contribution in [2.45, 2.75) is 75.8 Å². The number of ether oxygens (including phenoxy) is 1. The number of hydrogen-bond acceptors (Lipinski definition) is 4. The van der Waals surface area contributed by atoms with E-state index in [1.807, 2.05) is 31.2 Å². The molecule has 7 nitrogen and oxygen atoms in total. The van der Waals surface area contributed by atoms with Crippen molar-refractivity contribution >= 4 is 18.0 Å². The van der Waals surface area contributed by atoms with Crippen molar-refractivity contribution in [2.24, 2.45) is 0 Å². The zero-order valence-corrected chi connectivity index (χ0v) is 20.2. The van der Waals surface area contributed by atoms with Crippen molar-refractivity contribution < 1.29 is 24.2 Å². The van der Waals surface area contributed by atoms with Crippen LogP contribution >= 0.6 is 0 Å². The quantitative estimate of drug-likeness (QED) is 0.471. The Bertz CT molecular complexity index is 1030. The third-order valence-corrected chi connectivity index (χ3v) is 7.30. The average Bonchev–Trinajstić information content (AvgIpc) is 3.16. The van der Waals surface area contributed by atoms with Crippen LogP contribution in [0.2, 0.25) is 0 Å². The number of aliphatic carboxylic acids is 1. The van der Waals surface area contributed by atoms with Crippen LogP contribution in [0.15, 0.2) is 48.5 Å². The van der Waals surface area contributed by atoms with Crippen molar-refractivity contribution in [3.8, 4) is 11.1 Å². The van der Waals surface area contributed by atoms with Gasteiger partial charge in [0.15, 0.2) is 0 Å². The van der Waals surface area contributed by atoms with Crippen LogP contribution < -0.4 is 10.6 Å². The summed E-state index contributed by atoms with van der Waals surface area (Å²) < 4.78 is 5.74. The summed E-state index contributed by atoms with van der Waals surface area (Å²) in [5.41, 5.74) is 3.97. The molecule has 0 aliphatic heterocycles. The summed E-state index contributed by atoms with van der Waals surface area (Å²) >= 11 is 0. The first-order valence-corrected chi connectivity index (χ1v) is 12.5. The lowest BCUT2D eigenvalue weighted by Gasteiger charge is -2.37. The Balaban J connectivity index is 1.40. The zero-order chi connectivity index (χ0) is 24.8. The first kappa shape index (κ1) is 24.8. The molecule has 2 aliphatic rings. The molecule has 2 aliphatic carbocycles. The molecule has 2 amide bonds. The molecule has 4 rings (SSSR count). The van der Waals surface area contributed by atoms with Crippen LogP contribution in [0.3, 0.4) is 0 Å². The maximum absolute atomic E-state index is 13.0. The van der Waals surface area contributed by atoms with Gasteiger partial charge in [-0.2, -0.15) is 0 Å². The second kappa shape index (κ2) is 10.9. The van der Waals surface area contributed by atoms with Gasteiger partial charge in [0.05, 0.1) is 12.0 Å². The number of carboxylic acids is 1. The van der Waals surface area contributed by atoms with Gasteiger partial charge in [-0.1, -0.05) is 74.7 Å². The van der Waals surface area contributed by atoms with E-state index in [4.69, 9.17) is 9.84 Å². The Hall–Kier alpha value is -3.35. The highest BCUT2D eigenvalue weighted by molar-refractivity contribution is 5.80. The molecule has 35 heavy (non-hydrogen) atoms. The van der Waals surface area contributed by atoms with Gasteiger partial charge in [-0.05, 0) is 41.5 Å². The van der Waals surface area contributed by atoms with Crippen molar-refractivity contribution in [1.29, 1.82) is 0 Å². The number of alkyl carbamates (subject to hydrolysis) is 1. The van der Waals surface area contributed by atoms with E-state index < -0.39 is 23.6 Å². The Labute approximate surface area is 206 Å². The first-order chi connectivity index (χ1) is 16.9. The SMILES string of the molecule is CCC(CC(=O)O)NC(=O)CC1(NC(=O)OCC2c3ccccc3-c3ccccc32)CCCCC1. The van der Waals surface area contributed by atoms with Crippen LogP contribution in [0, 0.1) is 0 Å². The third kappa shape index (κ3) is 5.84. The van der Waals surface area contributed by atoms with E-state index in [2.05, 4.69) is 34.9 Å². The van der Waals surface area contributed by atoms with Crippen LogP contribution in [-0.2, 0) is 14.3 Å². The highest BCUT2D eigenvalue weighted by Crippen LogP contribution is 2.44. The van der Waals surface area contributed by atoms with Crippen molar-refractivity contribution in [1.82, 2.24) is 10.6 Å². The number of carboxylic acid groups (broad SMARTS) is 1. The summed E-state index contributed by atoms with van der Waals surface area (Å²) in [6.07, 6.45) is 4.31. The number of carbonyl (C=O) groups is 3. The van der Waals surface area contributed by atoms with E-state index in [0.29, 0.717) is 19.3 Å². The molecule has 0 aromatic heterocycles. The van der Waals surface area contributed by atoms with E-state index in [0.717, 1.165) is 30.4 Å². The number of rotatable bonds is 9. The van der Waals surface area contributed by atoms with Gasteiger partial charge in [0.2, 0.25) is 5.91 Å². The zero-order valence-electron chi connectivity index (χ0n) is 20.2. The second-order valence-corrected chi connectivity index (χ2v) is 9.74. The van der Waals surface area contributed by atoms with Crippen LogP contribution in [0.4, 0.5) is 4.79 Å². The second-order valence-electron chi connectivity index (χ2n) is 9.74. The lowest BCUT2D eigenvalue weighted by atomic mass is 9.79. The maximum atomic E-state index is 13.0. The molecule has 0 radical (unpaired) electrons. The summed E-state index contributed by atoms with van der Waals surface area (Å²) in [7, 11) is 0. The molecule has 0 bridgehead atoms. The molecule has 0 heterocycles. The fourth-order valence-electron chi connectivity index (χ4n) is 5.52. The fraction of sp³-hybridized carbons (Fsp3) is 0.464. The lowest BCUT2D eigenvalue weighted by Crippen LogP contribution is -2.53. The van der Waals surface area contributed by atoms with E-state index in [-0.39, 0.29) is 31.3 Å². The lowest BCUT2D eigenvalue weighted by molar-refractivity contribution is -0.137. The Morgan fingerprint density at radius 1 is 1.00 bits per heavy atom. The van der Waals surface area contributed by atoms with Gasteiger partial charge in [0, 0.05) is 18.4 Å². The summed E-state index contributed by atoms with van der Waals surface area (Å²) in [5.74, 6) is -1.21. The van der Waals surface area contributed by atoms with Crippen LogP contribution in [0.1, 0.15) is 75.3 Å². The summed E-state index contributed by atoms with van der Waals surface area (Å²) in [4.78, 5) is 36.8. The molecular formula is C28H34N2O5. The normalized spacial score (nSPS) is 17.1. The predicted molar refractivity (Wildman–Crippen MR) is 133 cm³/mol. The fourth-order valence-corrected chi connectivity index (χ4v) is 5.52. The third-order valence-electron chi connectivity index (χ3n) is 7.30. The number of hydrogen-bond donors (Lipinski definition) is 3. The minimum absolute atomic E-state index is 0.0277. The molecular weight excluding hydrogens is 444 g/mol. The molecule has 0 spiro atoms. The number of carbonyl (C=O) groups excluding carboxylic acids is 2. The van der Waals surface area contributed by atoms with Gasteiger partial charge in [-0.15, -0.1) is 0 Å². The predicted octanol–water partition coefficient (Wildman–Crippen LogP) is 4.99. The summed E-state index contributed by atoms with van der Waals surface area (Å²) in [6.45, 7) is 2.07. The Kier molecular flexibility index (Phi) is 7.73. The van der Waals surface area contributed by atoms with Crippen molar-refractivity contribution in [2.75, 3.05) is 6.61 Å². The van der Waals surface area contributed by atoms with E-state index >= 15 is 0 Å². The van der Waals surface area contributed by atoms with E-state index in [1.165, 1.54) is 11.1 Å². The number of nitrogens with one attached hydrogen (secondary N) is 2. The average molecular weight is 479 g/mol. The monoisotopic (exact) mass is 478 g/mol. The minimum atomic E-state index is -0.943. The number of benzene rings is 2. The molecule has 7 heteroatoms. The molecule has 2 aromatic carbocycles. The van der Waals surface area contributed by atoms with E-state index in [9.17, 15) is 14.4 Å². The van der Waals surface area contributed by atoms with E-state index in [1.54, 1.807) is 0 Å². The molecule has 1 fully saturated rings. The molecule has 2 aromatic rings. The molecule has 1 atom stereocenters.